The van der Waals surface area contributed by atoms with Gasteiger partial charge >= 0.3 is 0 Å². The molecule has 0 atom stereocenters. The summed E-state index contributed by atoms with van der Waals surface area (Å²) in [6.45, 7) is 4.41. The molecule has 1 aliphatic rings. The van der Waals surface area contributed by atoms with Crippen LogP contribution in [0.5, 0.6) is 5.75 Å². The Hall–Kier alpha value is -3.34. The van der Waals surface area contributed by atoms with E-state index in [-0.39, 0.29) is 0 Å². The lowest BCUT2D eigenvalue weighted by molar-refractivity contribution is 0.301. The van der Waals surface area contributed by atoms with Crippen molar-refractivity contribution >= 4 is 44.7 Å². The molecule has 4 aromatic rings. The van der Waals surface area contributed by atoms with Crippen molar-refractivity contribution in [2.75, 3.05) is 18.4 Å². The first-order valence-corrected chi connectivity index (χ1v) is 12.0. The summed E-state index contributed by atoms with van der Waals surface area (Å²) in [5, 5.41) is 3.87. The number of rotatable bonds is 5. The van der Waals surface area contributed by atoms with Crippen molar-refractivity contribution in [2.45, 2.75) is 26.4 Å². The van der Waals surface area contributed by atoms with Crippen LogP contribution in [0.15, 0.2) is 48.8 Å². The maximum atomic E-state index is 6.48. The minimum absolute atomic E-state index is 0.358. The van der Waals surface area contributed by atoms with Crippen molar-refractivity contribution in [1.29, 1.82) is 0 Å². The zero-order chi connectivity index (χ0) is 22.6. The molecular weight excluding hydrogens is 454 g/mol. The lowest BCUT2D eigenvalue weighted by atomic mass is 10.3. The molecule has 0 radical (unpaired) electrons. The van der Waals surface area contributed by atoms with Crippen LogP contribution in [0.1, 0.15) is 29.1 Å². The van der Waals surface area contributed by atoms with Crippen LogP contribution in [-0.2, 0) is 6.61 Å². The van der Waals surface area contributed by atoms with Crippen LogP contribution in [0.3, 0.4) is 0 Å². The largest absolute Gasteiger partial charge is 0.486 e. The maximum Gasteiger partial charge on any atom is 0.151 e. The van der Waals surface area contributed by atoms with Gasteiger partial charge in [0.25, 0.3) is 0 Å². The zero-order valence-corrected chi connectivity index (χ0v) is 19.7. The molecule has 4 heterocycles. The van der Waals surface area contributed by atoms with Crippen molar-refractivity contribution in [3.63, 3.8) is 0 Å². The number of pyridine rings is 1. The summed E-state index contributed by atoms with van der Waals surface area (Å²) in [7, 11) is 0. The average Bonchev–Trinajstić information content (AvgIpc) is 3.47. The van der Waals surface area contributed by atoms with Crippen molar-refractivity contribution in [2.24, 2.45) is 0 Å². The smallest absolute Gasteiger partial charge is 0.151 e. The molecule has 6 nitrogen and oxygen atoms in total. The molecule has 8 heteroatoms. The predicted molar refractivity (Wildman–Crippen MR) is 133 cm³/mol. The number of hydrogen-bond acceptors (Lipinski definition) is 7. The van der Waals surface area contributed by atoms with E-state index in [0.717, 1.165) is 51.1 Å². The number of fused-ring (bicyclic) bond motifs is 1. The number of ether oxygens (including phenoxy) is 1. The molecular formula is C25H22ClN5OS. The van der Waals surface area contributed by atoms with E-state index >= 15 is 0 Å². The van der Waals surface area contributed by atoms with Gasteiger partial charge in [-0.2, -0.15) is 0 Å². The molecule has 3 aromatic heterocycles. The van der Waals surface area contributed by atoms with E-state index in [1.165, 1.54) is 12.8 Å². The fourth-order valence-electron chi connectivity index (χ4n) is 3.63. The third-order valence-electron chi connectivity index (χ3n) is 5.27. The summed E-state index contributed by atoms with van der Waals surface area (Å²) in [5.41, 5.74) is 3.51. The van der Waals surface area contributed by atoms with Gasteiger partial charge in [-0.3, -0.25) is 4.98 Å². The lowest BCUT2D eigenvalue weighted by Gasteiger charge is -2.11. The van der Waals surface area contributed by atoms with E-state index in [4.69, 9.17) is 16.3 Å². The van der Waals surface area contributed by atoms with Gasteiger partial charge in [0.15, 0.2) is 5.82 Å². The maximum absolute atomic E-state index is 6.48. The minimum atomic E-state index is 0.358. The van der Waals surface area contributed by atoms with Gasteiger partial charge in [-0.25, -0.2) is 9.97 Å². The molecule has 0 saturated carbocycles. The zero-order valence-electron chi connectivity index (χ0n) is 18.1. The van der Waals surface area contributed by atoms with E-state index in [1.54, 1.807) is 17.7 Å². The number of likely N-dealkylation sites (tertiary alicyclic amines) is 1. The Labute approximate surface area is 201 Å². The van der Waals surface area contributed by atoms with E-state index in [2.05, 4.69) is 37.1 Å². The molecule has 166 valence electrons. The van der Waals surface area contributed by atoms with Gasteiger partial charge in [-0.1, -0.05) is 17.7 Å². The van der Waals surface area contributed by atoms with Gasteiger partial charge in [-0.15, -0.1) is 11.3 Å². The Bertz CT molecular complexity index is 1350. The van der Waals surface area contributed by atoms with Crippen LogP contribution in [0.2, 0.25) is 5.02 Å². The van der Waals surface area contributed by atoms with Crippen LogP contribution in [0.4, 0.5) is 11.5 Å². The van der Waals surface area contributed by atoms with Gasteiger partial charge in [0.2, 0.25) is 0 Å². The number of thiophene rings is 1. The predicted octanol–water partition coefficient (Wildman–Crippen LogP) is 5.78. The minimum Gasteiger partial charge on any atom is -0.486 e. The monoisotopic (exact) mass is 475 g/mol. The second kappa shape index (κ2) is 9.65. The van der Waals surface area contributed by atoms with E-state index in [1.807, 2.05) is 49.4 Å². The van der Waals surface area contributed by atoms with Crippen LogP contribution < -0.4 is 10.1 Å². The Morgan fingerprint density at radius 1 is 1.15 bits per heavy atom. The molecule has 1 aromatic carbocycles. The second-order valence-corrected chi connectivity index (χ2v) is 9.27. The molecule has 0 bridgehead atoms. The first kappa shape index (κ1) is 21.5. The summed E-state index contributed by atoms with van der Waals surface area (Å²) in [6, 6.07) is 16.7. The lowest BCUT2D eigenvalue weighted by Crippen LogP contribution is -2.10. The van der Waals surface area contributed by atoms with E-state index in [0.29, 0.717) is 17.4 Å². The molecule has 1 N–H and O–H groups in total. The van der Waals surface area contributed by atoms with Crippen LogP contribution in [0.25, 0.3) is 10.2 Å². The summed E-state index contributed by atoms with van der Waals surface area (Å²) in [5.74, 6) is 4.61. The van der Waals surface area contributed by atoms with Gasteiger partial charge in [0.1, 0.15) is 18.7 Å². The van der Waals surface area contributed by atoms with Gasteiger partial charge in [-0.05, 0) is 62.1 Å². The molecule has 5 rings (SSSR count). The van der Waals surface area contributed by atoms with Gasteiger partial charge in [0, 0.05) is 30.5 Å². The third kappa shape index (κ3) is 5.19. The van der Waals surface area contributed by atoms with E-state index < -0.39 is 0 Å². The Morgan fingerprint density at radius 3 is 2.85 bits per heavy atom. The van der Waals surface area contributed by atoms with Crippen molar-refractivity contribution in [3.8, 4) is 17.7 Å². The first-order chi connectivity index (χ1) is 16.1. The Kier molecular flexibility index (Phi) is 6.29. The van der Waals surface area contributed by atoms with E-state index in [9.17, 15) is 0 Å². The number of halogens is 1. The summed E-state index contributed by atoms with van der Waals surface area (Å²) in [4.78, 5) is 16.4. The highest BCUT2D eigenvalue weighted by atomic mass is 35.5. The highest BCUT2D eigenvalue weighted by molar-refractivity contribution is 7.20. The van der Waals surface area contributed by atoms with Crippen LogP contribution >= 0.6 is 22.9 Å². The van der Waals surface area contributed by atoms with Crippen LogP contribution in [-0.4, -0.2) is 32.9 Å². The molecule has 1 fully saturated rings. The average molecular weight is 476 g/mol. The fraction of sp³-hybridized carbons (Fsp3) is 0.240. The number of anilines is 2. The van der Waals surface area contributed by atoms with Crippen molar-refractivity contribution in [3.05, 3.63) is 70.1 Å². The topological polar surface area (TPSA) is 63.2 Å². The number of benzene rings is 1. The Morgan fingerprint density at radius 2 is 2.03 bits per heavy atom. The van der Waals surface area contributed by atoms with Gasteiger partial charge in [0.05, 0.1) is 25.8 Å². The quantitative estimate of drug-likeness (QED) is 0.369. The number of hydrogen-bond donors (Lipinski definition) is 1. The summed E-state index contributed by atoms with van der Waals surface area (Å²) in [6.07, 6.45) is 3.99. The highest BCUT2D eigenvalue weighted by Crippen LogP contribution is 2.33. The molecule has 1 saturated heterocycles. The SMILES string of the molecule is Cc1cccc(COc2ccc(Nc3ncnc4cc(C#CN5CCCC5)sc34)cc2Cl)n1. The highest BCUT2D eigenvalue weighted by Gasteiger charge is 2.11. The summed E-state index contributed by atoms with van der Waals surface area (Å²) >= 11 is 8.07. The molecule has 0 unspecified atom stereocenters. The van der Waals surface area contributed by atoms with Crippen molar-refractivity contribution < 1.29 is 4.74 Å². The van der Waals surface area contributed by atoms with Crippen molar-refractivity contribution in [1.82, 2.24) is 19.9 Å². The van der Waals surface area contributed by atoms with Crippen LogP contribution in [0, 0.1) is 18.9 Å². The fourth-order valence-corrected chi connectivity index (χ4v) is 4.77. The summed E-state index contributed by atoms with van der Waals surface area (Å²) < 4.78 is 6.82. The molecule has 33 heavy (non-hydrogen) atoms. The molecule has 0 amide bonds. The number of nitrogens with one attached hydrogen (secondary N) is 1. The number of nitrogens with zero attached hydrogens (tertiary/aromatic N) is 4. The number of aryl methyl sites for hydroxylation is 1. The molecule has 0 aliphatic carbocycles. The third-order valence-corrected chi connectivity index (χ3v) is 6.61. The first-order valence-electron chi connectivity index (χ1n) is 10.8. The standard InChI is InChI=1S/C25H22ClN5OS/c1-17-5-4-6-19(29-17)15-32-23-8-7-18(13-21(23)26)30-25-24-22(27-16-28-25)14-20(33-24)9-12-31-10-2-3-11-31/h4-8,13-14,16H,2-3,10-11,15H2,1H3,(H,27,28,30). The normalized spacial score (nSPS) is 13.1. The molecule has 0 spiro atoms. The Balaban J connectivity index is 1.31. The van der Waals surface area contributed by atoms with Gasteiger partial charge < -0.3 is 15.0 Å². The second-order valence-electron chi connectivity index (χ2n) is 7.81. The number of aromatic nitrogens is 3. The molecule has 1 aliphatic heterocycles.